The number of benzene rings is 2. The molecule has 2 aromatic rings. The first-order valence-corrected chi connectivity index (χ1v) is 10.6. The molecule has 1 saturated heterocycles. The number of thioether (sulfide) groups is 1. The van der Waals surface area contributed by atoms with Crippen molar-refractivity contribution in [1.82, 2.24) is 4.90 Å². The molecule has 0 aromatic heterocycles. The highest BCUT2D eigenvalue weighted by Crippen LogP contribution is 2.40. The van der Waals surface area contributed by atoms with E-state index >= 15 is 0 Å². The van der Waals surface area contributed by atoms with Crippen molar-refractivity contribution in [3.63, 3.8) is 0 Å². The van der Waals surface area contributed by atoms with E-state index in [1.165, 1.54) is 5.56 Å². The van der Waals surface area contributed by atoms with Gasteiger partial charge in [-0.15, -0.1) is 0 Å². The number of carbonyl (C=O) groups excluding carboxylic acids is 2. The molecule has 146 valence electrons. The van der Waals surface area contributed by atoms with Crippen molar-refractivity contribution in [3.8, 4) is 11.5 Å². The standard InChI is InChI=1S/C22H23NO4S/c24-18(16-4-2-1-3-5-16)7-9-22(25)23-11-10-21(28-13-12-23)17-6-8-19-20(14-17)27-15-26-19/h1-6,8,14,21H,7,9-13,15H2. The van der Waals surface area contributed by atoms with Crippen LogP contribution >= 0.6 is 11.8 Å². The van der Waals surface area contributed by atoms with Gasteiger partial charge < -0.3 is 14.4 Å². The Morgan fingerprint density at radius 1 is 1.00 bits per heavy atom. The maximum Gasteiger partial charge on any atom is 0.231 e. The summed E-state index contributed by atoms with van der Waals surface area (Å²) in [4.78, 5) is 26.7. The van der Waals surface area contributed by atoms with Gasteiger partial charge in [-0.2, -0.15) is 11.8 Å². The summed E-state index contributed by atoms with van der Waals surface area (Å²) in [5.74, 6) is 2.57. The second-order valence-electron chi connectivity index (χ2n) is 6.93. The molecule has 2 heterocycles. The van der Waals surface area contributed by atoms with Gasteiger partial charge in [0.2, 0.25) is 12.7 Å². The van der Waals surface area contributed by atoms with Gasteiger partial charge in [0.05, 0.1) is 0 Å². The van der Waals surface area contributed by atoms with Crippen molar-refractivity contribution >= 4 is 23.5 Å². The van der Waals surface area contributed by atoms with Crippen molar-refractivity contribution in [2.45, 2.75) is 24.5 Å². The average molecular weight is 397 g/mol. The fourth-order valence-corrected chi connectivity index (χ4v) is 4.77. The van der Waals surface area contributed by atoms with Crippen LogP contribution in [0, 0.1) is 0 Å². The average Bonchev–Trinajstić information content (AvgIpc) is 3.07. The molecule has 0 radical (unpaired) electrons. The highest BCUT2D eigenvalue weighted by atomic mass is 32.2. The minimum atomic E-state index is 0.0244. The lowest BCUT2D eigenvalue weighted by Crippen LogP contribution is -2.33. The topological polar surface area (TPSA) is 55.8 Å². The third kappa shape index (κ3) is 4.33. The lowest BCUT2D eigenvalue weighted by molar-refractivity contribution is -0.130. The summed E-state index contributed by atoms with van der Waals surface area (Å²) in [5, 5.41) is 0.332. The number of rotatable bonds is 5. The summed E-state index contributed by atoms with van der Waals surface area (Å²) in [6.07, 6.45) is 1.42. The summed E-state index contributed by atoms with van der Waals surface area (Å²) in [6, 6.07) is 15.3. The minimum Gasteiger partial charge on any atom is -0.454 e. The SMILES string of the molecule is O=C(CCC(=O)N1CCSC(c2ccc3c(c2)OCO3)CC1)c1ccccc1. The van der Waals surface area contributed by atoms with Gasteiger partial charge in [0.1, 0.15) is 0 Å². The molecular formula is C22H23NO4S. The van der Waals surface area contributed by atoms with Gasteiger partial charge in [0, 0.05) is 42.5 Å². The maximum absolute atomic E-state index is 12.6. The Bertz CT molecular complexity index is 855. The molecule has 0 spiro atoms. The van der Waals surface area contributed by atoms with Crippen LogP contribution in [0.2, 0.25) is 0 Å². The summed E-state index contributed by atoms with van der Waals surface area (Å²) in [6.45, 7) is 1.72. The summed E-state index contributed by atoms with van der Waals surface area (Å²) < 4.78 is 10.9. The monoisotopic (exact) mass is 397 g/mol. The Balaban J connectivity index is 1.31. The van der Waals surface area contributed by atoms with E-state index in [1.807, 2.05) is 40.9 Å². The molecule has 1 unspecified atom stereocenters. The predicted octanol–water partition coefficient (Wildman–Crippen LogP) is 4.09. The van der Waals surface area contributed by atoms with E-state index in [0.29, 0.717) is 17.4 Å². The van der Waals surface area contributed by atoms with Gasteiger partial charge in [-0.1, -0.05) is 36.4 Å². The predicted molar refractivity (Wildman–Crippen MR) is 109 cm³/mol. The molecule has 2 aliphatic heterocycles. The fourth-order valence-electron chi connectivity index (χ4n) is 3.55. The quantitative estimate of drug-likeness (QED) is 0.712. The van der Waals surface area contributed by atoms with Gasteiger partial charge in [-0.05, 0) is 24.1 Å². The normalized spacial score (nSPS) is 18.6. The smallest absolute Gasteiger partial charge is 0.231 e. The number of carbonyl (C=O) groups is 2. The molecule has 1 atom stereocenters. The molecule has 0 saturated carbocycles. The van der Waals surface area contributed by atoms with Crippen LogP contribution in [0.1, 0.15) is 40.4 Å². The van der Waals surface area contributed by atoms with Crippen molar-refractivity contribution in [3.05, 3.63) is 59.7 Å². The molecule has 1 amide bonds. The number of ether oxygens (including phenoxy) is 2. The highest BCUT2D eigenvalue weighted by molar-refractivity contribution is 7.99. The van der Waals surface area contributed by atoms with Crippen molar-refractivity contribution in [2.75, 3.05) is 25.6 Å². The Hall–Kier alpha value is -2.47. The van der Waals surface area contributed by atoms with Crippen molar-refractivity contribution in [2.24, 2.45) is 0 Å². The zero-order valence-corrected chi connectivity index (χ0v) is 16.5. The number of amides is 1. The van der Waals surface area contributed by atoms with Crippen molar-refractivity contribution in [1.29, 1.82) is 0 Å². The molecule has 4 rings (SSSR count). The van der Waals surface area contributed by atoms with Crippen molar-refractivity contribution < 1.29 is 19.1 Å². The van der Waals surface area contributed by atoms with Crippen LogP contribution < -0.4 is 9.47 Å². The Morgan fingerprint density at radius 2 is 1.82 bits per heavy atom. The van der Waals surface area contributed by atoms with Crippen LogP contribution in [0.3, 0.4) is 0 Å². The minimum absolute atomic E-state index is 0.0244. The molecule has 2 aliphatic rings. The van der Waals surface area contributed by atoms with Gasteiger partial charge >= 0.3 is 0 Å². The van der Waals surface area contributed by atoms with E-state index in [4.69, 9.17) is 9.47 Å². The van der Waals surface area contributed by atoms with Crippen LogP contribution in [-0.2, 0) is 4.79 Å². The van der Waals surface area contributed by atoms with E-state index in [0.717, 1.165) is 30.2 Å². The lowest BCUT2D eigenvalue weighted by Gasteiger charge is -2.20. The zero-order chi connectivity index (χ0) is 19.3. The third-order valence-electron chi connectivity index (χ3n) is 5.12. The lowest BCUT2D eigenvalue weighted by atomic mass is 10.1. The van der Waals surface area contributed by atoms with Crippen LogP contribution in [0.5, 0.6) is 11.5 Å². The Morgan fingerprint density at radius 3 is 2.68 bits per heavy atom. The largest absolute Gasteiger partial charge is 0.454 e. The van der Waals surface area contributed by atoms with E-state index < -0.39 is 0 Å². The molecule has 0 N–H and O–H groups in total. The van der Waals surface area contributed by atoms with Gasteiger partial charge in [0.25, 0.3) is 0 Å². The van der Waals surface area contributed by atoms with Crippen LogP contribution in [0.4, 0.5) is 0 Å². The number of hydrogen-bond donors (Lipinski definition) is 0. The first-order valence-electron chi connectivity index (χ1n) is 9.58. The molecule has 0 bridgehead atoms. The Labute approximate surface area is 169 Å². The third-order valence-corrected chi connectivity index (χ3v) is 6.45. The van der Waals surface area contributed by atoms with E-state index in [2.05, 4.69) is 12.1 Å². The molecule has 0 aliphatic carbocycles. The fraction of sp³-hybridized carbons (Fsp3) is 0.364. The van der Waals surface area contributed by atoms with Crippen LogP contribution in [0.15, 0.2) is 48.5 Å². The maximum atomic E-state index is 12.6. The number of hydrogen-bond acceptors (Lipinski definition) is 5. The molecule has 2 aromatic carbocycles. The van der Waals surface area contributed by atoms with Gasteiger partial charge in [-0.3, -0.25) is 9.59 Å². The van der Waals surface area contributed by atoms with E-state index in [1.54, 1.807) is 12.1 Å². The van der Waals surface area contributed by atoms with Gasteiger partial charge in [-0.25, -0.2) is 0 Å². The number of Topliss-reactive ketones (excluding diaryl/α,β-unsaturated/α-hetero) is 1. The molecule has 6 heteroatoms. The first kappa shape index (κ1) is 18.9. The zero-order valence-electron chi connectivity index (χ0n) is 15.6. The number of ketones is 1. The second kappa shape index (κ2) is 8.69. The molecule has 5 nitrogen and oxygen atoms in total. The number of nitrogens with zero attached hydrogens (tertiary/aromatic N) is 1. The molecule has 1 fully saturated rings. The van der Waals surface area contributed by atoms with Crippen LogP contribution in [-0.4, -0.2) is 42.2 Å². The van der Waals surface area contributed by atoms with Gasteiger partial charge in [0.15, 0.2) is 17.3 Å². The highest BCUT2D eigenvalue weighted by Gasteiger charge is 2.24. The first-order chi connectivity index (χ1) is 13.7. The summed E-state index contributed by atoms with van der Waals surface area (Å²) in [7, 11) is 0. The number of fused-ring (bicyclic) bond motifs is 1. The van der Waals surface area contributed by atoms with E-state index in [9.17, 15) is 9.59 Å². The van der Waals surface area contributed by atoms with E-state index in [-0.39, 0.29) is 31.3 Å². The van der Waals surface area contributed by atoms with Crippen LogP contribution in [0.25, 0.3) is 0 Å². The Kier molecular flexibility index (Phi) is 5.86. The molecular weight excluding hydrogens is 374 g/mol. The molecule has 28 heavy (non-hydrogen) atoms. The summed E-state index contributed by atoms with van der Waals surface area (Å²) in [5.41, 5.74) is 1.88. The summed E-state index contributed by atoms with van der Waals surface area (Å²) >= 11 is 1.87. The second-order valence-corrected chi connectivity index (χ2v) is 8.24.